The molecule has 0 radical (unpaired) electrons. The highest BCUT2D eigenvalue weighted by atomic mass is 16.3. The first-order chi connectivity index (χ1) is 15.5. The van der Waals surface area contributed by atoms with E-state index < -0.39 is 0 Å². The van der Waals surface area contributed by atoms with Gasteiger partial charge in [0.05, 0.1) is 17.3 Å². The van der Waals surface area contributed by atoms with Crippen molar-refractivity contribution in [1.29, 1.82) is 5.26 Å². The third-order valence-corrected chi connectivity index (χ3v) is 5.62. The summed E-state index contributed by atoms with van der Waals surface area (Å²) >= 11 is 0. The van der Waals surface area contributed by atoms with Crippen LogP contribution in [0.1, 0.15) is 32.3 Å². The van der Waals surface area contributed by atoms with Crippen LogP contribution in [0, 0.1) is 11.3 Å². The molecule has 0 saturated carbocycles. The number of hydrogen-bond donors (Lipinski definition) is 2. The second-order valence-corrected chi connectivity index (χ2v) is 8.32. The normalized spacial score (nSPS) is 15.6. The molecule has 6 heteroatoms. The molecule has 1 aromatic heterocycles. The van der Waals surface area contributed by atoms with E-state index in [0.717, 1.165) is 30.5 Å². The number of phenols is 1. The number of aromatic nitrogens is 1. The van der Waals surface area contributed by atoms with E-state index in [1.54, 1.807) is 24.3 Å². The average Bonchev–Trinajstić information content (AvgIpc) is 3.29. The number of nitrogens with one attached hydrogen (secondary N) is 1. The number of rotatable bonds is 5. The van der Waals surface area contributed by atoms with E-state index >= 15 is 0 Å². The van der Waals surface area contributed by atoms with Gasteiger partial charge in [-0.1, -0.05) is 24.3 Å². The summed E-state index contributed by atoms with van der Waals surface area (Å²) < 4.78 is 0. The number of pyridine rings is 1. The van der Waals surface area contributed by atoms with Crippen LogP contribution in [-0.4, -0.2) is 34.6 Å². The molecule has 1 aliphatic heterocycles. The fourth-order valence-corrected chi connectivity index (χ4v) is 4.09. The Bertz CT molecular complexity index is 1170. The van der Waals surface area contributed by atoms with E-state index in [4.69, 9.17) is 10.2 Å². The second kappa shape index (κ2) is 9.11. The summed E-state index contributed by atoms with van der Waals surface area (Å²) in [6.45, 7) is 4.65. The Labute approximate surface area is 188 Å². The average molecular weight is 427 g/mol. The molecule has 0 unspecified atom stereocenters. The van der Waals surface area contributed by atoms with Gasteiger partial charge in [0.15, 0.2) is 0 Å². The van der Waals surface area contributed by atoms with Crippen LogP contribution in [0.4, 0.5) is 5.82 Å². The number of phenolic OH excluding ortho intramolecular Hbond substituents is 1. The highest BCUT2D eigenvalue weighted by Gasteiger charge is 2.32. The van der Waals surface area contributed by atoms with Gasteiger partial charge in [-0.2, -0.15) is 5.26 Å². The van der Waals surface area contributed by atoms with Crippen LogP contribution in [0.2, 0.25) is 0 Å². The Morgan fingerprint density at radius 2 is 1.91 bits per heavy atom. The molecule has 1 saturated heterocycles. The van der Waals surface area contributed by atoms with Crippen LogP contribution in [0.25, 0.3) is 22.4 Å². The summed E-state index contributed by atoms with van der Waals surface area (Å²) in [5, 5.41) is 22.6. The molecule has 1 atom stereocenters. The molecule has 162 valence electrons. The maximum atomic E-state index is 12.8. The summed E-state index contributed by atoms with van der Waals surface area (Å²) in [6.07, 6.45) is 1.68. The number of benzene rings is 2. The summed E-state index contributed by atoms with van der Waals surface area (Å²) in [6, 6.07) is 20.3. The van der Waals surface area contributed by atoms with Gasteiger partial charge in [0.2, 0.25) is 5.91 Å². The van der Waals surface area contributed by atoms with Crippen LogP contribution in [0.5, 0.6) is 5.75 Å². The second-order valence-electron chi connectivity index (χ2n) is 8.32. The largest absolute Gasteiger partial charge is 0.507 e. The van der Waals surface area contributed by atoms with Gasteiger partial charge in [-0.15, -0.1) is 0 Å². The molecule has 1 amide bonds. The van der Waals surface area contributed by atoms with Crippen molar-refractivity contribution in [2.45, 2.75) is 38.8 Å². The van der Waals surface area contributed by atoms with Gasteiger partial charge in [-0.25, -0.2) is 4.98 Å². The maximum Gasteiger partial charge on any atom is 0.242 e. The Morgan fingerprint density at radius 3 is 2.59 bits per heavy atom. The minimum atomic E-state index is -0.279. The van der Waals surface area contributed by atoms with E-state index in [0.29, 0.717) is 22.6 Å². The number of nitriles is 1. The van der Waals surface area contributed by atoms with Crippen LogP contribution in [0.15, 0.2) is 60.7 Å². The van der Waals surface area contributed by atoms with Crippen molar-refractivity contribution in [2.24, 2.45) is 0 Å². The zero-order chi connectivity index (χ0) is 22.7. The van der Waals surface area contributed by atoms with E-state index in [1.165, 1.54) is 0 Å². The Kier molecular flexibility index (Phi) is 6.09. The Hall–Kier alpha value is -3.85. The first-order valence-corrected chi connectivity index (χ1v) is 10.8. The summed E-state index contributed by atoms with van der Waals surface area (Å²) in [4.78, 5) is 19.7. The number of hydrogen-bond acceptors (Lipinski definition) is 5. The third-order valence-electron chi connectivity index (χ3n) is 5.62. The lowest BCUT2D eigenvalue weighted by Crippen LogP contribution is -2.45. The van der Waals surface area contributed by atoms with Crippen molar-refractivity contribution in [3.8, 4) is 34.2 Å². The molecular formula is C26H26N4O2. The third kappa shape index (κ3) is 4.42. The van der Waals surface area contributed by atoms with Gasteiger partial charge in [0, 0.05) is 18.2 Å². The molecular weight excluding hydrogens is 400 g/mol. The fourth-order valence-electron chi connectivity index (χ4n) is 4.09. The standard InChI is InChI=1S/C26H26N4O2/c1-17(2)28-26(32)23-7-5-13-30(23)25-15-20(19-11-9-18(16-27)10-12-19)14-22(29-25)21-6-3-4-8-24(21)31/h3-4,6,8-12,14-15,17,23,31H,5,7,13H2,1-2H3,(H,28,32)/t23-/m0/s1. The SMILES string of the molecule is CC(C)NC(=O)[C@@H]1CCCN1c1cc(-c2ccc(C#N)cc2)cc(-c2ccccc2O)n1. The highest BCUT2D eigenvalue weighted by molar-refractivity contribution is 5.86. The number of anilines is 1. The monoisotopic (exact) mass is 426 g/mol. The molecule has 2 aromatic carbocycles. The summed E-state index contributed by atoms with van der Waals surface area (Å²) in [5.41, 5.74) is 3.70. The molecule has 1 fully saturated rings. The molecule has 32 heavy (non-hydrogen) atoms. The van der Waals surface area contributed by atoms with Crippen LogP contribution in [0.3, 0.4) is 0 Å². The van der Waals surface area contributed by atoms with Gasteiger partial charge in [-0.3, -0.25) is 4.79 Å². The zero-order valence-corrected chi connectivity index (χ0v) is 18.2. The van der Waals surface area contributed by atoms with E-state index in [9.17, 15) is 9.90 Å². The number of nitrogens with zero attached hydrogens (tertiary/aromatic N) is 3. The summed E-state index contributed by atoms with van der Waals surface area (Å²) in [7, 11) is 0. The van der Waals surface area contributed by atoms with Crippen molar-refractivity contribution in [3.63, 3.8) is 0 Å². The van der Waals surface area contributed by atoms with Gasteiger partial charge in [-0.05, 0) is 74.2 Å². The smallest absolute Gasteiger partial charge is 0.242 e. The topological polar surface area (TPSA) is 89.2 Å². The first-order valence-electron chi connectivity index (χ1n) is 10.8. The van der Waals surface area contributed by atoms with Crippen molar-refractivity contribution >= 4 is 11.7 Å². The zero-order valence-electron chi connectivity index (χ0n) is 18.2. The maximum absolute atomic E-state index is 12.8. The number of carbonyl (C=O) groups excluding carboxylic acids is 1. The fraction of sp³-hybridized carbons (Fsp3) is 0.269. The lowest BCUT2D eigenvalue weighted by Gasteiger charge is -2.27. The lowest BCUT2D eigenvalue weighted by molar-refractivity contribution is -0.122. The van der Waals surface area contributed by atoms with Crippen LogP contribution in [-0.2, 0) is 4.79 Å². The minimum Gasteiger partial charge on any atom is -0.507 e. The van der Waals surface area contributed by atoms with E-state index in [2.05, 4.69) is 11.4 Å². The van der Waals surface area contributed by atoms with E-state index in [-0.39, 0.29) is 23.7 Å². The number of para-hydroxylation sites is 1. The highest BCUT2D eigenvalue weighted by Crippen LogP contribution is 2.35. The lowest BCUT2D eigenvalue weighted by atomic mass is 10.0. The van der Waals surface area contributed by atoms with Crippen LogP contribution >= 0.6 is 0 Å². The number of carbonyl (C=O) groups is 1. The van der Waals surface area contributed by atoms with Crippen molar-refractivity contribution in [1.82, 2.24) is 10.3 Å². The molecule has 2 N–H and O–H groups in total. The number of amides is 1. The van der Waals surface area contributed by atoms with Crippen molar-refractivity contribution < 1.29 is 9.90 Å². The minimum absolute atomic E-state index is 0.00665. The molecule has 4 rings (SSSR count). The Balaban J connectivity index is 1.81. The van der Waals surface area contributed by atoms with Crippen molar-refractivity contribution in [2.75, 3.05) is 11.4 Å². The van der Waals surface area contributed by atoms with Crippen LogP contribution < -0.4 is 10.2 Å². The quantitative estimate of drug-likeness (QED) is 0.628. The molecule has 0 bridgehead atoms. The van der Waals surface area contributed by atoms with Gasteiger partial charge >= 0.3 is 0 Å². The first kappa shape index (κ1) is 21.4. The predicted octanol–water partition coefficient (Wildman–Crippen LogP) is 4.49. The predicted molar refractivity (Wildman–Crippen MR) is 125 cm³/mol. The molecule has 6 nitrogen and oxygen atoms in total. The van der Waals surface area contributed by atoms with Gasteiger partial charge in [0.1, 0.15) is 17.6 Å². The van der Waals surface area contributed by atoms with Crippen molar-refractivity contribution in [3.05, 3.63) is 66.2 Å². The number of aromatic hydroxyl groups is 1. The molecule has 2 heterocycles. The van der Waals surface area contributed by atoms with E-state index in [1.807, 2.05) is 55.1 Å². The Morgan fingerprint density at radius 1 is 1.16 bits per heavy atom. The molecule has 1 aliphatic rings. The molecule has 3 aromatic rings. The molecule has 0 aliphatic carbocycles. The summed E-state index contributed by atoms with van der Waals surface area (Å²) in [5.74, 6) is 0.858. The molecule has 0 spiro atoms. The van der Waals surface area contributed by atoms with Gasteiger partial charge in [0.25, 0.3) is 0 Å². The van der Waals surface area contributed by atoms with Gasteiger partial charge < -0.3 is 15.3 Å².